The summed E-state index contributed by atoms with van der Waals surface area (Å²) in [5.41, 5.74) is 0. The lowest BCUT2D eigenvalue weighted by Crippen LogP contribution is -2.05. The molecule has 3 heteroatoms. The summed E-state index contributed by atoms with van der Waals surface area (Å²) in [5, 5.41) is 0. The minimum atomic E-state index is -0.671. The third-order valence-electron chi connectivity index (χ3n) is 0.500. The molecule has 2 nitrogen and oxygen atoms in total. The molecule has 0 rings (SSSR count). The zero-order valence-corrected chi connectivity index (χ0v) is 6.35. The third kappa shape index (κ3) is 10.7. The predicted octanol–water partition coefficient (Wildman–Crippen LogP) is 0.182. The lowest BCUT2D eigenvalue weighted by Gasteiger charge is -1.98. The summed E-state index contributed by atoms with van der Waals surface area (Å²) in [6, 6.07) is 0. The van der Waals surface area contributed by atoms with Crippen molar-refractivity contribution in [2.24, 2.45) is 0 Å². The molecule has 46 valence electrons. The van der Waals surface area contributed by atoms with Crippen molar-refractivity contribution < 1.29 is 9.90 Å². The highest BCUT2D eigenvalue weighted by Crippen LogP contribution is 1.79. The van der Waals surface area contributed by atoms with E-state index in [1.165, 1.54) is 0 Å². The first-order valence-electron chi connectivity index (χ1n) is 2.39. The summed E-state index contributed by atoms with van der Waals surface area (Å²) in [7, 11) is -0.671. The highest BCUT2D eigenvalue weighted by atomic mass is 28.3. The second-order valence-corrected chi connectivity index (χ2v) is 3.93. The van der Waals surface area contributed by atoms with Gasteiger partial charge in [0.05, 0.1) is 0 Å². The molecule has 0 radical (unpaired) electrons. The van der Waals surface area contributed by atoms with E-state index in [1.54, 1.807) is 0 Å². The van der Waals surface area contributed by atoms with Crippen molar-refractivity contribution in [3.05, 3.63) is 0 Å². The minimum absolute atomic E-state index is 0. The maximum atomic E-state index is 5.18. The Morgan fingerprint density at radius 1 is 1.43 bits per heavy atom. The molecule has 0 bridgehead atoms. The van der Waals surface area contributed by atoms with Crippen LogP contribution in [0.4, 0.5) is 0 Å². The molecule has 0 saturated carbocycles. The summed E-state index contributed by atoms with van der Waals surface area (Å²) in [6.45, 7) is 7.27. The molecule has 0 aliphatic heterocycles. The number of hydrogen-bond acceptors (Lipinski definition) is 1. The van der Waals surface area contributed by atoms with Crippen LogP contribution in [0.1, 0.15) is 6.92 Å². The summed E-state index contributed by atoms with van der Waals surface area (Å²) in [4.78, 5) is 0. The van der Waals surface area contributed by atoms with Gasteiger partial charge in [0, 0.05) is 6.61 Å². The molecule has 0 atom stereocenters. The highest BCUT2D eigenvalue weighted by molar-refractivity contribution is 6.48. The average molecular weight is 122 g/mol. The fraction of sp³-hybridized carbons (Fsp3) is 1.00. The van der Waals surface area contributed by atoms with Crippen LogP contribution < -0.4 is 0 Å². The Bertz CT molecular complexity index is 30.9. The molecule has 0 aromatic heterocycles. The zero-order valence-electron chi connectivity index (χ0n) is 5.19. The van der Waals surface area contributed by atoms with E-state index >= 15 is 0 Å². The van der Waals surface area contributed by atoms with E-state index in [-0.39, 0.29) is 5.48 Å². The van der Waals surface area contributed by atoms with Crippen LogP contribution in [0.2, 0.25) is 13.1 Å². The van der Waals surface area contributed by atoms with Crippen LogP contribution in [0.5, 0.6) is 0 Å². The Kier molecular flexibility index (Phi) is 8.93. The summed E-state index contributed by atoms with van der Waals surface area (Å²) >= 11 is 0. The molecule has 0 amide bonds. The molecule has 0 saturated heterocycles. The molecule has 0 aliphatic rings. The van der Waals surface area contributed by atoms with E-state index in [1.807, 2.05) is 6.92 Å². The van der Waals surface area contributed by atoms with Crippen LogP contribution in [-0.4, -0.2) is 21.1 Å². The molecule has 0 aromatic carbocycles. The standard InChI is InChI=1S/C4H12OSi.H2O/c1-4-5-6(2)3;/h6H,4H2,1-3H3;1H2. The SMILES string of the molecule is CCO[SiH](C)C.O. The number of hydrogen-bond donors (Lipinski definition) is 0. The molecule has 0 fully saturated rings. The van der Waals surface area contributed by atoms with Crippen molar-refractivity contribution in [3.63, 3.8) is 0 Å². The minimum Gasteiger partial charge on any atom is -0.421 e. The average Bonchev–Trinajstić information content (AvgIpc) is 1.35. The first-order chi connectivity index (χ1) is 2.77. The molecule has 0 aromatic rings. The Morgan fingerprint density at radius 2 is 1.86 bits per heavy atom. The maximum Gasteiger partial charge on any atom is 0.170 e. The van der Waals surface area contributed by atoms with Gasteiger partial charge in [0.1, 0.15) is 0 Å². The molecule has 0 aliphatic carbocycles. The van der Waals surface area contributed by atoms with Gasteiger partial charge >= 0.3 is 0 Å². The van der Waals surface area contributed by atoms with Gasteiger partial charge in [-0.2, -0.15) is 0 Å². The van der Waals surface area contributed by atoms with Crippen LogP contribution in [0.25, 0.3) is 0 Å². The lowest BCUT2D eigenvalue weighted by molar-refractivity contribution is 0.350. The van der Waals surface area contributed by atoms with Crippen molar-refractivity contribution in [3.8, 4) is 0 Å². The first-order valence-corrected chi connectivity index (χ1v) is 5.17. The fourth-order valence-electron chi connectivity index (χ4n) is 0.333. The van der Waals surface area contributed by atoms with Gasteiger partial charge < -0.3 is 9.90 Å². The van der Waals surface area contributed by atoms with Gasteiger partial charge in [-0.1, -0.05) is 0 Å². The van der Waals surface area contributed by atoms with Crippen molar-refractivity contribution in [1.29, 1.82) is 0 Å². The van der Waals surface area contributed by atoms with Crippen LogP contribution in [-0.2, 0) is 4.43 Å². The topological polar surface area (TPSA) is 40.7 Å². The van der Waals surface area contributed by atoms with Crippen LogP contribution in [0.3, 0.4) is 0 Å². The molecule has 2 N–H and O–H groups in total. The smallest absolute Gasteiger partial charge is 0.170 e. The maximum absolute atomic E-state index is 5.18. The molecular formula is C4H14O2Si. The van der Waals surface area contributed by atoms with Crippen LogP contribution in [0, 0.1) is 0 Å². The predicted molar refractivity (Wildman–Crippen MR) is 34.1 cm³/mol. The Morgan fingerprint density at radius 3 is 1.86 bits per heavy atom. The second-order valence-electron chi connectivity index (χ2n) is 1.50. The zero-order chi connectivity index (χ0) is 4.99. The summed E-state index contributed by atoms with van der Waals surface area (Å²) < 4.78 is 5.18. The van der Waals surface area contributed by atoms with Crippen LogP contribution >= 0.6 is 0 Å². The van der Waals surface area contributed by atoms with Gasteiger partial charge in [-0.15, -0.1) is 0 Å². The Balaban J connectivity index is 0. The molecule has 7 heavy (non-hydrogen) atoms. The van der Waals surface area contributed by atoms with Gasteiger partial charge in [-0.3, -0.25) is 0 Å². The lowest BCUT2D eigenvalue weighted by atomic mass is 10.9. The molecule has 0 heterocycles. The fourth-order valence-corrected chi connectivity index (χ4v) is 1.00. The quantitative estimate of drug-likeness (QED) is 0.482. The van der Waals surface area contributed by atoms with Crippen molar-refractivity contribution >= 4 is 9.04 Å². The van der Waals surface area contributed by atoms with Gasteiger partial charge in [-0.25, -0.2) is 0 Å². The number of rotatable bonds is 2. The first kappa shape index (κ1) is 10.2. The van der Waals surface area contributed by atoms with Gasteiger partial charge in [0.2, 0.25) is 0 Å². The Hall–Kier alpha value is 0.137. The normalized spacial score (nSPS) is 8.57. The summed E-state index contributed by atoms with van der Waals surface area (Å²) in [6.07, 6.45) is 0. The van der Waals surface area contributed by atoms with E-state index in [0.717, 1.165) is 6.61 Å². The highest BCUT2D eigenvalue weighted by Gasteiger charge is 1.87. The largest absolute Gasteiger partial charge is 0.421 e. The van der Waals surface area contributed by atoms with Crippen molar-refractivity contribution in [1.82, 2.24) is 0 Å². The second kappa shape index (κ2) is 6.14. The van der Waals surface area contributed by atoms with Gasteiger partial charge in [0.15, 0.2) is 9.04 Å². The van der Waals surface area contributed by atoms with E-state index in [9.17, 15) is 0 Å². The van der Waals surface area contributed by atoms with Gasteiger partial charge in [0.25, 0.3) is 0 Å². The van der Waals surface area contributed by atoms with Crippen molar-refractivity contribution in [2.45, 2.75) is 20.0 Å². The third-order valence-corrected chi connectivity index (χ3v) is 1.50. The molecule has 0 unspecified atom stereocenters. The van der Waals surface area contributed by atoms with E-state index in [4.69, 9.17) is 4.43 Å². The van der Waals surface area contributed by atoms with E-state index in [0.29, 0.717) is 0 Å². The van der Waals surface area contributed by atoms with Crippen LogP contribution in [0.15, 0.2) is 0 Å². The Labute approximate surface area is 46.5 Å². The summed E-state index contributed by atoms with van der Waals surface area (Å²) in [5.74, 6) is 0. The van der Waals surface area contributed by atoms with E-state index in [2.05, 4.69) is 13.1 Å². The monoisotopic (exact) mass is 122 g/mol. The molecular weight excluding hydrogens is 108 g/mol. The van der Waals surface area contributed by atoms with Crippen molar-refractivity contribution in [2.75, 3.05) is 6.61 Å². The molecule has 0 spiro atoms. The van der Waals surface area contributed by atoms with E-state index < -0.39 is 9.04 Å². The van der Waals surface area contributed by atoms with Gasteiger partial charge in [-0.05, 0) is 20.0 Å².